The van der Waals surface area contributed by atoms with Crippen molar-refractivity contribution in [2.75, 3.05) is 13.7 Å². The summed E-state index contributed by atoms with van der Waals surface area (Å²) in [5.74, 6) is 0.240. The molecule has 0 fully saturated rings. The van der Waals surface area contributed by atoms with Gasteiger partial charge >= 0.3 is 12.1 Å². The molecule has 180 valence electrons. The van der Waals surface area contributed by atoms with Gasteiger partial charge in [0.15, 0.2) is 17.6 Å². The Balaban J connectivity index is 2.18. The van der Waals surface area contributed by atoms with Crippen molar-refractivity contribution in [2.45, 2.75) is 58.5 Å². The van der Waals surface area contributed by atoms with Crippen LogP contribution < -0.4 is 14.8 Å². The Morgan fingerprint density at radius 2 is 1.73 bits per heavy atom. The van der Waals surface area contributed by atoms with E-state index in [-0.39, 0.29) is 13.0 Å². The van der Waals surface area contributed by atoms with Crippen LogP contribution in [0.3, 0.4) is 0 Å². The van der Waals surface area contributed by atoms with Crippen LogP contribution in [-0.2, 0) is 27.3 Å². The molecule has 2 atom stereocenters. The van der Waals surface area contributed by atoms with Gasteiger partial charge in [0, 0.05) is 0 Å². The summed E-state index contributed by atoms with van der Waals surface area (Å²) in [6, 6.07) is 13.4. The summed E-state index contributed by atoms with van der Waals surface area (Å²) in [5.41, 5.74) is 0.738. The molecule has 0 saturated carbocycles. The van der Waals surface area contributed by atoms with Crippen molar-refractivity contribution in [1.29, 1.82) is 0 Å². The fourth-order valence-corrected chi connectivity index (χ4v) is 3.05. The Hall–Kier alpha value is -3.26. The second kappa shape index (κ2) is 12.1. The molecule has 2 unspecified atom stereocenters. The Kier molecular flexibility index (Phi) is 9.54. The minimum absolute atomic E-state index is 0.0545. The van der Waals surface area contributed by atoms with E-state index in [0.29, 0.717) is 18.1 Å². The molecule has 2 aromatic rings. The molecule has 2 aromatic carbocycles. The second-order valence-corrected chi connectivity index (χ2v) is 8.41. The molecule has 0 saturated heterocycles. The second-order valence-electron chi connectivity index (χ2n) is 8.41. The number of aliphatic hydroxyl groups is 1. The topological polar surface area (TPSA) is 103 Å². The monoisotopic (exact) mass is 459 g/mol. The highest BCUT2D eigenvalue weighted by Gasteiger charge is 2.32. The van der Waals surface area contributed by atoms with Gasteiger partial charge in [0.05, 0.1) is 19.8 Å². The van der Waals surface area contributed by atoms with E-state index in [0.717, 1.165) is 11.1 Å². The third-order valence-electron chi connectivity index (χ3n) is 4.53. The molecule has 33 heavy (non-hydrogen) atoms. The minimum Gasteiger partial charge on any atom is -0.493 e. The van der Waals surface area contributed by atoms with Crippen molar-refractivity contribution in [2.24, 2.45) is 0 Å². The standard InChI is InChI=1S/C25H33NO7/c1-6-31-21-15-18(12-13-20(21)30-5)14-19(22(27)23(28)33-25(2,3)4)26-24(29)32-16-17-10-8-7-9-11-17/h7-13,15,19,22,27H,6,14,16H2,1-5H3,(H,26,29). The van der Waals surface area contributed by atoms with Crippen LogP contribution in [0.4, 0.5) is 4.79 Å². The smallest absolute Gasteiger partial charge is 0.407 e. The third kappa shape index (κ3) is 8.65. The first-order valence-electron chi connectivity index (χ1n) is 10.8. The summed E-state index contributed by atoms with van der Waals surface area (Å²) in [6.07, 6.45) is -2.23. The van der Waals surface area contributed by atoms with Gasteiger partial charge in [0.25, 0.3) is 0 Å². The predicted molar refractivity (Wildman–Crippen MR) is 123 cm³/mol. The Labute approximate surface area is 194 Å². The summed E-state index contributed by atoms with van der Waals surface area (Å²) < 4.78 is 21.5. The molecule has 1 amide bonds. The third-order valence-corrected chi connectivity index (χ3v) is 4.53. The molecule has 0 heterocycles. The Morgan fingerprint density at radius 3 is 2.33 bits per heavy atom. The number of carbonyl (C=O) groups excluding carboxylic acids is 2. The summed E-state index contributed by atoms with van der Waals surface area (Å²) in [6.45, 7) is 7.45. The zero-order chi connectivity index (χ0) is 24.4. The van der Waals surface area contributed by atoms with Crippen LogP contribution in [0.15, 0.2) is 48.5 Å². The SMILES string of the molecule is CCOc1cc(CC(NC(=O)OCc2ccccc2)C(O)C(=O)OC(C)(C)C)ccc1OC. The summed E-state index contributed by atoms with van der Waals surface area (Å²) >= 11 is 0. The summed E-state index contributed by atoms with van der Waals surface area (Å²) in [7, 11) is 1.54. The highest BCUT2D eigenvalue weighted by Crippen LogP contribution is 2.29. The van der Waals surface area contributed by atoms with Gasteiger partial charge in [0.2, 0.25) is 0 Å². The van der Waals surface area contributed by atoms with Crippen LogP contribution in [0.25, 0.3) is 0 Å². The van der Waals surface area contributed by atoms with Gasteiger partial charge in [-0.2, -0.15) is 0 Å². The van der Waals surface area contributed by atoms with E-state index in [1.54, 1.807) is 39.0 Å². The van der Waals surface area contributed by atoms with Gasteiger partial charge in [-0.1, -0.05) is 36.4 Å². The number of ether oxygens (including phenoxy) is 4. The number of amides is 1. The van der Waals surface area contributed by atoms with E-state index in [4.69, 9.17) is 18.9 Å². The molecule has 0 bridgehead atoms. The number of alkyl carbamates (subject to hydrolysis) is 1. The average molecular weight is 460 g/mol. The van der Waals surface area contributed by atoms with Crippen molar-refractivity contribution in [3.05, 3.63) is 59.7 Å². The van der Waals surface area contributed by atoms with Crippen molar-refractivity contribution in [3.63, 3.8) is 0 Å². The lowest BCUT2D eigenvalue weighted by Gasteiger charge is -2.27. The van der Waals surface area contributed by atoms with E-state index >= 15 is 0 Å². The highest BCUT2D eigenvalue weighted by molar-refractivity contribution is 5.77. The molecule has 0 aliphatic rings. The lowest BCUT2D eigenvalue weighted by molar-refractivity contribution is -0.166. The van der Waals surface area contributed by atoms with Crippen LogP contribution in [-0.4, -0.2) is 48.6 Å². The molecular formula is C25H33NO7. The Bertz CT molecular complexity index is 909. The van der Waals surface area contributed by atoms with Crippen LogP contribution in [0.2, 0.25) is 0 Å². The fraction of sp³-hybridized carbons (Fsp3) is 0.440. The van der Waals surface area contributed by atoms with Crippen molar-refractivity contribution < 1.29 is 33.6 Å². The van der Waals surface area contributed by atoms with Crippen molar-refractivity contribution >= 4 is 12.1 Å². The lowest BCUT2D eigenvalue weighted by atomic mass is 10.0. The molecule has 0 aliphatic heterocycles. The predicted octanol–water partition coefficient (Wildman–Crippen LogP) is 3.63. The molecule has 8 nitrogen and oxygen atoms in total. The zero-order valence-corrected chi connectivity index (χ0v) is 19.8. The quantitative estimate of drug-likeness (QED) is 0.523. The molecule has 2 N–H and O–H groups in total. The van der Waals surface area contributed by atoms with Gasteiger partial charge in [-0.05, 0) is 57.4 Å². The maximum absolute atomic E-state index is 12.5. The average Bonchev–Trinajstić information content (AvgIpc) is 2.77. The number of aliphatic hydroxyl groups excluding tert-OH is 1. The number of benzene rings is 2. The first kappa shape index (κ1) is 26.0. The number of methoxy groups -OCH3 is 1. The van der Waals surface area contributed by atoms with Crippen LogP contribution in [0.1, 0.15) is 38.8 Å². The maximum Gasteiger partial charge on any atom is 0.407 e. The number of hydrogen-bond donors (Lipinski definition) is 2. The first-order valence-corrected chi connectivity index (χ1v) is 10.8. The first-order chi connectivity index (χ1) is 15.6. The van der Waals surface area contributed by atoms with Crippen LogP contribution in [0.5, 0.6) is 11.5 Å². The van der Waals surface area contributed by atoms with Gasteiger partial charge in [0.1, 0.15) is 12.2 Å². The molecule has 0 aromatic heterocycles. The maximum atomic E-state index is 12.5. The van der Waals surface area contributed by atoms with Crippen molar-refractivity contribution in [1.82, 2.24) is 5.32 Å². The molecular weight excluding hydrogens is 426 g/mol. The highest BCUT2D eigenvalue weighted by atomic mass is 16.6. The van der Waals surface area contributed by atoms with Gasteiger partial charge in [-0.25, -0.2) is 9.59 Å². The summed E-state index contributed by atoms with van der Waals surface area (Å²) in [5, 5.41) is 13.3. The number of hydrogen-bond acceptors (Lipinski definition) is 7. The minimum atomic E-state index is -1.61. The van der Waals surface area contributed by atoms with E-state index in [1.807, 2.05) is 37.3 Å². The van der Waals surface area contributed by atoms with Crippen LogP contribution in [0, 0.1) is 0 Å². The molecule has 8 heteroatoms. The number of rotatable bonds is 10. The lowest BCUT2D eigenvalue weighted by Crippen LogP contribution is -2.50. The number of nitrogens with one attached hydrogen (secondary N) is 1. The molecule has 2 rings (SSSR count). The largest absolute Gasteiger partial charge is 0.493 e. The number of carbonyl (C=O) groups is 2. The normalized spacial score (nSPS) is 12.9. The number of esters is 1. The van der Waals surface area contributed by atoms with E-state index < -0.39 is 29.8 Å². The molecule has 0 spiro atoms. The van der Waals surface area contributed by atoms with Gasteiger partial charge < -0.3 is 29.4 Å². The molecule has 0 aliphatic carbocycles. The molecule has 0 radical (unpaired) electrons. The van der Waals surface area contributed by atoms with E-state index in [9.17, 15) is 14.7 Å². The van der Waals surface area contributed by atoms with Crippen LogP contribution >= 0.6 is 0 Å². The van der Waals surface area contributed by atoms with E-state index in [1.165, 1.54) is 7.11 Å². The zero-order valence-electron chi connectivity index (χ0n) is 19.8. The van der Waals surface area contributed by atoms with E-state index in [2.05, 4.69) is 5.32 Å². The summed E-state index contributed by atoms with van der Waals surface area (Å²) in [4.78, 5) is 25.0. The Morgan fingerprint density at radius 1 is 1.03 bits per heavy atom. The van der Waals surface area contributed by atoms with Crippen molar-refractivity contribution in [3.8, 4) is 11.5 Å². The van der Waals surface area contributed by atoms with Gasteiger partial charge in [-0.3, -0.25) is 0 Å². The fourth-order valence-electron chi connectivity index (χ4n) is 3.05. The van der Waals surface area contributed by atoms with Gasteiger partial charge in [-0.15, -0.1) is 0 Å².